The van der Waals surface area contributed by atoms with E-state index in [0.717, 1.165) is 31.7 Å². The smallest absolute Gasteiger partial charge is 0.223 e. The Balaban J connectivity index is 2.88. The molecule has 1 aromatic heterocycles. The summed E-state index contributed by atoms with van der Waals surface area (Å²) in [6.45, 7) is 6.20. The van der Waals surface area contributed by atoms with Crippen LogP contribution in [0.5, 0.6) is 0 Å². The summed E-state index contributed by atoms with van der Waals surface area (Å²) in [6, 6.07) is 1.77. The number of nitrogen functional groups attached to an aromatic ring is 2. The van der Waals surface area contributed by atoms with Gasteiger partial charge in [0.25, 0.3) is 0 Å². The Morgan fingerprint density at radius 1 is 1.13 bits per heavy atom. The second kappa shape index (κ2) is 5.38. The van der Waals surface area contributed by atoms with Crippen molar-refractivity contribution in [2.45, 2.75) is 26.7 Å². The minimum atomic E-state index is 0.238. The van der Waals surface area contributed by atoms with Crippen molar-refractivity contribution < 1.29 is 0 Å². The third kappa shape index (κ3) is 3.27. The molecule has 0 saturated carbocycles. The van der Waals surface area contributed by atoms with Crippen molar-refractivity contribution in [2.24, 2.45) is 0 Å². The number of nitrogens with zero attached hydrogens (tertiary/aromatic N) is 3. The van der Waals surface area contributed by atoms with Crippen molar-refractivity contribution in [1.29, 1.82) is 0 Å². The molecule has 5 heteroatoms. The van der Waals surface area contributed by atoms with Gasteiger partial charge in [-0.2, -0.15) is 9.97 Å². The number of rotatable bonds is 5. The number of hydrogen-bond donors (Lipinski definition) is 2. The van der Waals surface area contributed by atoms with E-state index in [2.05, 4.69) is 28.7 Å². The first-order valence-electron chi connectivity index (χ1n) is 5.32. The van der Waals surface area contributed by atoms with Crippen LogP contribution >= 0.6 is 0 Å². The molecule has 0 aliphatic rings. The molecule has 0 spiro atoms. The standard InChI is InChI=1S/C10H19N5/c1-3-5-15(6-4-2)9-7-8(11)13-10(12)14-9/h7H,3-6H2,1-2H3,(H4,11,12,13,14). The fourth-order valence-electron chi connectivity index (χ4n) is 1.51. The van der Waals surface area contributed by atoms with Gasteiger partial charge in [0.1, 0.15) is 11.6 Å². The summed E-state index contributed by atoms with van der Waals surface area (Å²) in [5, 5.41) is 0. The molecule has 0 aromatic carbocycles. The van der Waals surface area contributed by atoms with E-state index in [9.17, 15) is 0 Å². The quantitative estimate of drug-likeness (QED) is 0.763. The largest absolute Gasteiger partial charge is 0.383 e. The van der Waals surface area contributed by atoms with E-state index in [0.29, 0.717) is 5.82 Å². The Morgan fingerprint density at radius 2 is 1.73 bits per heavy atom. The molecule has 1 rings (SSSR count). The van der Waals surface area contributed by atoms with Crippen molar-refractivity contribution in [3.63, 3.8) is 0 Å². The van der Waals surface area contributed by atoms with Crippen LogP contribution in [-0.2, 0) is 0 Å². The van der Waals surface area contributed by atoms with E-state index in [1.165, 1.54) is 0 Å². The molecule has 0 saturated heterocycles. The first-order chi connectivity index (χ1) is 7.17. The fourth-order valence-corrected chi connectivity index (χ4v) is 1.51. The van der Waals surface area contributed by atoms with E-state index in [1.54, 1.807) is 6.07 Å². The van der Waals surface area contributed by atoms with Crippen molar-refractivity contribution in [3.05, 3.63) is 6.07 Å². The highest BCUT2D eigenvalue weighted by Crippen LogP contribution is 2.15. The molecule has 5 nitrogen and oxygen atoms in total. The van der Waals surface area contributed by atoms with Gasteiger partial charge in [0, 0.05) is 19.2 Å². The lowest BCUT2D eigenvalue weighted by atomic mass is 10.3. The SMILES string of the molecule is CCCN(CCC)c1cc(N)nc(N)n1. The molecule has 0 fully saturated rings. The average Bonchev–Trinajstić information content (AvgIpc) is 2.16. The summed E-state index contributed by atoms with van der Waals surface area (Å²) in [6.07, 6.45) is 2.15. The molecule has 0 bridgehead atoms. The van der Waals surface area contributed by atoms with Crippen molar-refractivity contribution >= 4 is 17.6 Å². The maximum Gasteiger partial charge on any atom is 0.223 e. The summed E-state index contributed by atoms with van der Waals surface area (Å²) >= 11 is 0. The first-order valence-corrected chi connectivity index (χ1v) is 5.32. The normalized spacial score (nSPS) is 10.3. The predicted octanol–water partition coefficient (Wildman–Crippen LogP) is 1.27. The van der Waals surface area contributed by atoms with Crippen LogP contribution in [0.3, 0.4) is 0 Å². The Labute approximate surface area is 90.5 Å². The summed E-state index contributed by atoms with van der Waals surface area (Å²) in [4.78, 5) is 10.2. The molecule has 0 aliphatic heterocycles. The Morgan fingerprint density at radius 3 is 2.20 bits per heavy atom. The van der Waals surface area contributed by atoms with E-state index in [1.807, 2.05) is 0 Å². The van der Waals surface area contributed by atoms with Crippen LogP contribution in [0.1, 0.15) is 26.7 Å². The second-order valence-electron chi connectivity index (χ2n) is 3.50. The zero-order valence-corrected chi connectivity index (χ0v) is 9.40. The summed E-state index contributed by atoms with van der Waals surface area (Å²) in [7, 11) is 0. The monoisotopic (exact) mass is 209 g/mol. The minimum Gasteiger partial charge on any atom is -0.383 e. The minimum absolute atomic E-state index is 0.238. The van der Waals surface area contributed by atoms with Crippen LogP contribution in [-0.4, -0.2) is 23.1 Å². The van der Waals surface area contributed by atoms with E-state index < -0.39 is 0 Å². The first kappa shape index (κ1) is 11.6. The molecule has 1 aromatic rings. The fraction of sp³-hybridized carbons (Fsp3) is 0.600. The number of nitrogens with two attached hydrogens (primary N) is 2. The van der Waals surface area contributed by atoms with Gasteiger partial charge in [0.05, 0.1) is 0 Å². The molecule has 0 radical (unpaired) electrons. The van der Waals surface area contributed by atoms with Gasteiger partial charge in [-0.05, 0) is 12.8 Å². The number of aromatic nitrogens is 2. The van der Waals surface area contributed by atoms with Crippen LogP contribution in [0.2, 0.25) is 0 Å². The average molecular weight is 209 g/mol. The zero-order valence-electron chi connectivity index (χ0n) is 9.40. The van der Waals surface area contributed by atoms with Crippen molar-refractivity contribution in [1.82, 2.24) is 9.97 Å². The van der Waals surface area contributed by atoms with Gasteiger partial charge in [-0.3, -0.25) is 0 Å². The van der Waals surface area contributed by atoms with Gasteiger partial charge in [-0.25, -0.2) is 0 Å². The summed E-state index contributed by atoms with van der Waals surface area (Å²) in [5.74, 6) is 1.49. The highest BCUT2D eigenvalue weighted by molar-refractivity contribution is 5.50. The molecule has 84 valence electrons. The molecule has 1 heterocycles. The van der Waals surface area contributed by atoms with E-state index >= 15 is 0 Å². The summed E-state index contributed by atoms with van der Waals surface area (Å²) < 4.78 is 0. The van der Waals surface area contributed by atoms with Gasteiger partial charge in [-0.15, -0.1) is 0 Å². The van der Waals surface area contributed by atoms with Gasteiger partial charge < -0.3 is 16.4 Å². The van der Waals surface area contributed by atoms with Gasteiger partial charge in [0.2, 0.25) is 5.95 Å². The van der Waals surface area contributed by atoms with Gasteiger partial charge in [0.15, 0.2) is 0 Å². The zero-order chi connectivity index (χ0) is 11.3. The van der Waals surface area contributed by atoms with Crippen LogP contribution in [0.4, 0.5) is 17.6 Å². The molecule has 15 heavy (non-hydrogen) atoms. The molecule has 0 atom stereocenters. The molecule has 0 aliphatic carbocycles. The second-order valence-corrected chi connectivity index (χ2v) is 3.50. The molecule has 0 unspecified atom stereocenters. The maximum atomic E-state index is 5.63. The molecular formula is C10H19N5. The number of hydrogen-bond acceptors (Lipinski definition) is 5. The lowest BCUT2D eigenvalue weighted by Crippen LogP contribution is -2.26. The van der Waals surface area contributed by atoms with E-state index in [4.69, 9.17) is 11.5 Å². The topological polar surface area (TPSA) is 81.1 Å². The molecule has 4 N–H and O–H groups in total. The van der Waals surface area contributed by atoms with Gasteiger partial charge >= 0.3 is 0 Å². The van der Waals surface area contributed by atoms with Crippen molar-refractivity contribution in [3.8, 4) is 0 Å². The van der Waals surface area contributed by atoms with Crippen LogP contribution in [0.25, 0.3) is 0 Å². The Hall–Kier alpha value is -1.52. The van der Waals surface area contributed by atoms with Crippen LogP contribution < -0.4 is 16.4 Å². The highest BCUT2D eigenvalue weighted by Gasteiger charge is 2.07. The maximum absolute atomic E-state index is 5.63. The van der Waals surface area contributed by atoms with Crippen LogP contribution in [0.15, 0.2) is 6.07 Å². The Kier molecular flexibility index (Phi) is 4.15. The lowest BCUT2D eigenvalue weighted by molar-refractivity contribution is 0.734. The number of anilines is 3. The Bertz CT molecular complexity index is 286. The third-order valence-corrected chi connectivity index (χ3v) is 2.06. The van der Waals surface area contributed by atoms with Crippen molar-refractivity contribution in [2.75, 3.05) is 29.5 Å². The molecular weight excluding hydrogens is 190 g/mol. The van der Waals surface area contributed by atoms with Crippen LogP contribution in [0, 0.1) is 0 Å². The van der Waals surface area contributed by atoms with Gasteiger partial charge in [-0.1, -0.05) is 13.8 Å². The van der Waals surface area contributed by atoms with E-state index in [-0.39, 0.29) is 5.95 Å². The lowest BCUT2D eigenvalue weighted by Gasteiger charge is -2.22. The highest BCUT2D eigenvalue weighted by atomic mass is 15.2. The summed E-state index contributed by atoms with van der Waals surface area (Å²) in [5.41, 5.74) is 11.2. The third-order valence-electron chi connectivity index (χ3n) is 2.06. The molecule has 0 amide bonds. The predicted molar refractivity (Wildman–Crippen MR) is 63.7 cm³/mol.